The molecule has 1 atom stereocenters. The molecule has 0 aromatic heterocycles. The Morgan fingerprint density at radius 2 is 1.50 bits per heavy atom. The third kappa shape index (κ3) is 5.60. The summed E-state index contributed by atoms with van der Waals surface area (Å²) in [5, 5.41) is 2.86. The van der Waals surface area contributed by atoms with Gasteiger partial charge in [0.25, 0.3) is 10.0 Å². The Morgan fingerprint density at radius 1 is 0.882 bits per heavy atom. The van der Waals surface area contributed by atoms with Crippen LogP contribution in [0.4, 0.5) is 5.69 Å². The molecule has 9 heteroatoms. The highest BCUT2D eigenvalue weighted by atomic mass is 32.2. The number of ether oxygens (including phenoxy) is 3. The second kappa shape index (κ2) is 10.9. The summed E-state index contributed by atoms with van der Waals surface area (Å²) in [6.07, 6.45) is 0. The van der Waals surface area contributed by atoms with Crippen molar-refractivity contribution < 1.29 is 27.4 Å². The van der Waals surface area contributed by atoms with Gasteiger partial charge < -0.3 is 19.5 Å². The van der Waals surface area contributed by atoms with Crippen LogP contribution in [0.3, 0.4) is 0 Å². The molecule has 0 saturated carbocycles. The molecule has 34 heavy (non-hydrogen) atoms. The number of hydrogen-bond acceptors (Lipinski definition) is 6. The van der Waals surface area contributed by atoms with Gasteiger partial charge >= 0.3 is 0 Å². The van der Waals surface area contributed by atoms with Gasteiger partial charge in [0.15, 0.2) is 0 Å². The van der Waals surface area contributed by atoms with E-state index in [9.17, 15) is 13.2 Å². The summed E-state index contributed by atoms with van der Waals surface area (Å²) >= 11 is 0. The normalized spacial score (nSPS) is 11.9. The van der Waals surface area contributed by atoms with Gasteiger partial charge in [-0.25, -0.2) is 8.42 Å². The maximum Gasteiger partial charge on any atom is 0.264 e. The molecule has 1 N–H and O–H groups in total. The number of nitrogens with zero attached hydrogens (tertiary/aromatic N) is 1. The van der Waals surface area contributed by atoms with E-state index in [1.54, 1.807) is 74.7 Å². The summed E-state index contributed by atoms with van der Waals surface area (Å²) in [4.78, 5) is 13.1. The lowest BCUT2D eigenvalue weighted by atomic mass is 10.1. The predicted molar refractivity (Wildman–Crippen MR) is 130 cm³/mol. The number of anilines is 1. The lowest BCUT2D eigenvalue weighted by Gasteiger charge is -2.25. The van der Waals surface area contributed by atoms with Crippen LogP contribution in [0.1, 0.15) is 18.5 Å². The highest BCUT2D eigenvalue weighted by Gasteiger charge is 2.28. The van der Waals surface area contributed by atoms with Crippen LogP contribution in [-0.4, -0.2) is 42.2 Å². The highest BCUT2D eigenvalue weighted by molar-refractivity contribution is 7.92. The first-order valence-electron chi connectivity index (χ1n) is 10.5. The minimum atomic E-state index is -4.01. The van der Waals surface area contributed by atoms with Crippen molar-refractivity contribution in [3.63, 3.8) is 0 Å². The molecule has 0 fully saturated rings. The van der Waals surface area contributed by atoms with Gasteiger partial charge in [0, 0.05) is 5.56 Å². The minimum absolute atomic E-state index is 0.0844. The Bertz CT molecular complexity index is 1210. The van der Waals surface area contributed by atoms with Crippen LogP contribution in [0.2, 0.25) is 0 Å². The van der Waals surface area contributed by atoms with Crippen molar-refractivity contribution in [3.05, 3.63) is 78.4 Å². The Labute approximate surface area is 200 Å². The summed E-state index contributed by atoms with van der Waals surface area (Å²) in [6, 6.07) is 19.3. The third-order valence-corrected chi connectivity index (χ3v) is 7.05. The molecule has 3 aromatic rings. The molecule has 0 spiro atoms. The molecule has 3 rings (SSSR count). The summed E-state index contributed by atoms with van der Waals surface area (Å²) in [6.45, 7) is 1.37. The maximum absolute atomic E-state index is 13.4. The summed E-state index contributed by atoms with van der Waals surface area (Å²) in [5.74, 6) is 1.29. The van der Waals surface area contributed by atoms with Crippen LogP contribution in [0.25, 0.3) is 0 Å². The van der Waals surface area contributed by atoms with Crippen molar-refractivity contribution in [2.75, 3.05) is 32.2 Å². The molecule has 1 amide bonds. The van der Waals surface area contributed by atoms with Crippen LogP contribution in [0.5, 0.6) is 17.2 Å². The Balaban J connectivity index is 1.90. The second-order valence-corrected chi connectivity index (χ2v) is 9.28. The molecular weight excluding hydrogens is 456 g/mol. The van der Waals surface area contributed by atoms with E-state index in [0.717, 1.165) is 4.31 Å². The van der Waals surface area contributed by atoms with Crippen LogP contribution in [-0.2, 0) is 14.8 Å². The fourth-order valence-corrected chi connectivity index (χ4v) is 4.90. The molecule has 0 aliphatic carbocycles. The average Bonchev–Trinajstić information content (AvgIpc) is 2.87. The molecule has 0 unspecified atom stereocenters. The quantitative estimate of drug-likeness (QED) is 0.471. The Kier molecular flexibility index (Phi) is 8.01. The standard InChI is InChI=1S/C25H28N2O6S/c1-18(23-16-21(32-3)14-15-24(23)33-4)26-25(28)17-27(19-10-12-20(31-2)13-11-19)34(29,30)22-8-6-5-7-9-22/h5-16,18H,17H2,1-4H3,(H,26,28)/t18-/m0/s1. The lowest BCUT2D eigenvalue weighted by molar-refractivity contribution is -0.120. The number of sulfonamides is 1. The summed E-state index contributed by atoms with van der Waals surface area (Å²) < 4.78 is 43.8. The van der Waals surface area contributed by atoms with Crippen LogP contribution >= 0.6 is 0 Å². The van der Waals surface area contributed by atoms with Crippen molar-refractivity contribution in [3.8, 4) is 17.2 Å². The predicted octanol–water partition coefficient (Wildman–Crippen LogP) is 3.79. The van der Waals surface area contributed by atoms with Crippen molar-refractivity contribution in [2.24, 2.45) is 0 Å². The number of nitrogens with one attached hydrogen (secondary N) is 1. The van der Waals surface area contributed by atoms with E-state index in [4.69, 9.17) is 14.2 Å². The second-order valence-electron chi connectivity index (χ2n) is 7.42. The smallest absolute Gasteiger partial charge is 0.264 e. The molecule has 8 nitrogen and oxygen atoms in total. The number of methoxy groups -OCH3 is 3. The first-order chi connectivity index (χ1) is 16.3. The molecular formula is C25H28N2O6S. The number of benzene rings is 3. The van der Waals surface area contributed by atoms with E-state index in [1.807, 2.05) is 0 Å². The van der Waals surface area contributed by atoms with Crippen molar-refractivity contribution in [1.29, 1.82) is 0 Å². The topological polar surface area (TPSA) is 94.2 Å². The van der Waals surface area contributed by atoms with E-state index < -0.39 is 28.5 Å². The lowest BCUT2D eigenvalue weighted by Crippen LogP contribution is -2.41. The molecule has 0 radical (unpaired) electrons. The number of carbonyl (C=O) groups is 1. The molecule has 0 bridgehead atoms. The number of carbonyl (C=O) groups excluding carboxylic acids is 1. The van der Waals surface area contributed by atoms with Crippen molar-refractivity contribution in [1.82, 2.24) is 5.32 Å². The Morgan fingerprint density at radius 3 is 2.09 bits per heavy atom. The van der Waals surface area contributed by atoms with Crippen LogP contribution in [0, 0.1) is 0 Å². The van der Waals surface area contributed by atoms with Gasteiger partial charge in [0.05, 0.1) is 38.0 Å². The zero-order valence-electron chi connectivity index (χ0n) is 19.5. The van der Waals surface area contributed by atoms with Gasteiger partial charge in [0.1, 0.15) is 23.8 Å². The van der Waals surface area contributed by atoms with E-state index >= 15 is 0 Å². The molecule has 3 aromatic carbocycles. The van der Waals surface area contributed by atoms with E-state index in [0.29, 0.717) is 28.5 Å². The fraction of sp³-hybridized carbons (Fsp3) is 0.240. The molecule has 180 valence electrons. The third-order valence-electron chi connectivity index (χ3n) is 5.26. The van der Waals surface area contributed by atoms with Gasteiger partial charge in [-0.1, -0.05) is 18.2 Å². The van der Waals surface area contributed by atoms with E-state index in [-0.39, 0.29) is 4.90 Å². The molecule has 0 heterocycles. The average molecular weight is 485 g/mol. The largest absolute Gasteiger partial charge is 0.497 e. The van der Waals surface area contributed by atoms with E-state index in [1.165, 1.54) is 26.4 Å². The zero-order chi connectivity index (χ0) is 24.7. The number of rotatable bonds is 10. The van der Waals surface area contributed by atoms with Crippen molar-refractivity contribution in [2.45, 2.75) is 17.9 Å². The number of hydrogen-bond donors (Lipinski definition) is 1. The van der Waals surface area contributed by atoms with Gasteiger partial charge in [-0.2, -0.15) is 0 Å². The van der Waals surface area contributed by atoms with Gasteiger partial charge in [0.2, 0.25) is 5.91 Å². The fourth-order valence-electron chi connectivity index (χ4n) is 3.46. The minimum Gasteiger partial charge on any atom is -0.497 e. The van der Waals surface area contributed by atoms with Gasteiger partial charge in [-0.15, -0.1) is 0 Å². The maximum atomic E-state index is 13.4. The van der Waals surface area contributed by atoms with Gasteiger partial charge in [-0.05, 0) is 61.5 Å². The molecule has 0 aliphatic rings. The SMILES string of the molecule is COc1ccc(N(CC(=O)N[C@@H](C)c2cc(OC)ccc2OC)S(=O)(=O)c2ccccc2)cc1. The monoisotopic (exact) mass is 484 g/mol. The summed E-state index contributed by atoms with van der Waals surface area (Å²) in [7, 11) is 0.608. The molecule has 0 aliphatic heterocycles. The Hall–Kier alpha value is -3.72. The van der Waals surface area contributed by atoms with E-state index in [2.05, 4.69) is 5.32 Å². The first-order valence-corrected chi connectivity index (χ1v) is 12.0. The van der Waals surface area contributed by atoms with Crippen molar-refractivity contribution >= 4 is 21.6 Å². The van der Waals surface area contributed by atoms with Crippen LogP contribution < -0.4 is 23.8 Å². The summed E-state index contributed by atoms with van der Waals surface area (Å²) in [5.41, 5.74) is 1.04. The molecule has 0 saturated heterocycles. The van der Waals surface area contributed by atoms with Crippen LogP contribution in [0.15, 0.2) is 77.7 Å². The number of amides is 1. The highest BCUT2D eigenvalue weighted by Crippen LogP contribution is 2.30. The first kappa shape index (κ1) is 24.9. The van der Waals surface area contributed by atoms with Gasteiger partial charge in [-0.3, -0.25) is 9.10 Å². The zero-order valence-corrected chi connectivity index (χ0v) is 20.3.